The molecule has 3 N–H and O–H groups in total. The van der Waals surface area contributed by atoms with Gasteiger partial charge in [-0.1, -0.05) is 13.8 Å². The number of Topliss-reactive ketones (excluding diaryl/α,β-unsaturated/α-hetero) is 1. The first kappa shape index (κ1) is 17.6. The second-order valence-electron chi connectivity index (χ2n) is 5.16. The van der Waals surface area contributed by atoms with Crippen LogP contribution in [0.25, 0.3) is 0 Å². The van der Waals surface area contributed by atoms with E-state index in [4.69, 9.17) is 10.5 Å². The van der Waals surface area contributed by atoms with Crippen LogP contribution in [0.5, 0.6) is 5.75 Å². The smallest absolute Gasteiger partial charge is 0.405 e. The zero-order valence-electron chi connectivity index (χ0n) is 12.3. The lowest BCUT2D eigenvalue weighted by Crippen LogP contribution is -2.21. The Bertz CT molecular complexity index is 510. The van der Waals surface area contributed by atoms with Crippen LogP contribution in [0.2, 0.25) is 0 Å². The van der Waals surface area contributed by atoms with Crippen LogP contribution in [-0.2, 0) is 0 Å². The van der Waals surface area contributed by atoms with Gasteiger partial charge in [0.25, 0.3) is 0 Å². The third kappa shape index (κ3) is 4.80. The highest BCUT2D eigenvalue weighted by Gasteiger charge is 2.30. The van der Waals surface area contributed by atoms with Crippen LogP contribution < -0.4 is 15.8 Å². The standard InChI is InChI=1S/C13H19F3N2O2S/c1-6(2)9(19)11-8(17)10(20-7(3)4)12(21-11)18-5-13(14,15)16/h6-7,18H,5,17H2,1-4H3. The van der Waals surface area contributed by atoms with Crippen LogP contribution >= 0.6 is 11.3 Å². The van der Waals surface area contributed by atoms with Crippen molar-refractivity contribution in [3.63, 3.8) is 0 Å². The Labute approximate surface area is 125 Å². The van der Waals surface area contributed by atoms with Crippen molar-refractivity contribution in [2.24, 2.45) is 5.92 Å². The molecule has 1 aromatic heterocycles. The van der Waals surface area contributed by atoms with E-state index in [1.54, 1.807) is 27.7 Å². The van der Waals surface area contributed by atoms with E-state index in [-0.39, 0.29) is 39.1 Å². The molecule has 0 amide bonds. The number of ether oxygens (including phenoxy) is 1. The van der Waals surface area contributed by atoms with Crippen LogP contribution in [0.4, 0.5) is 23.9 Å². The van der Waals surface area contributed by atoms with Crippen LogP contribution in [0.3, 0.4) is 0 Å². The maximum atomic E-state index is 12.3. The van der Waals surface area contributed by atoms with Gasteiger partial charge in [-0.15, -0.1) is 11.3 Å². The molecule has 0 fully saturated rings. The molecule has 8 heteroatoms. The Morgan fingerprint density at radius 1 is 1.33 bits per heavy atom. The molecule has 0 saturated heterocycles. The molecular formula is C13H19F3N2O2S. The number of hydrogen-bond donors (Lipinski definition) is 2. The summed E-state index contributed by atoms with van der Waals surface area (Å²) in [5, 5.41) is 2.38. The first-order valence-electron chi connectivity index (χ1n) is 6.46. The number of thiophene rings is 1. The zero-order valence-corrected chi connectivity index (χ0v) is 13.1. The molecule has 4 nitrogen and oxygen atoms in total. The van der Waals surface area contributed by atoms with Gasteiger partial charge in [-0.2, -0.15) is 13.2 Å². The first-order chi connectivity index (χ1) is 9.53. The number of nitrogens with one attached hydrogen (secondary N) is 1. The molecule has 0 radical (unpaired) electrons. The lowest BCUT2D eigenvalue weighted by atomic mass is 10.1. The number of hydrogen-bond acceptors (Lipinski definition) is 5. The number of carbonyl (C=O) groups excluding carboxylic acids is 1. The Hall–Kier alpha value is -1.44. The largest absolute Gasteiger partial charge is 0.486 e. The summed E-state index contributed by atoms with van der Waals surface area (Å²) < 4.78 is 42.5. The molecule has 0 bridgehead atoms. The minimum absolute atomic E-state index is 0.0945. The Kier molecular flexibility index (Phi) is 5.49. The second-order valence-corrected chi connectivity index (χ2v) is 6.18. The average Bonchev–Trinajstić information content (AvgIpc) is 2.62. The van der Waals surface area contributed by atoms with Gasteiger partial charge >= 0.3 is 6.18 Å². The zero-order chi connectivity index (χ0) is 16.4. The van der Waals surface area contributed by atoms with Crippen molar-refractivity contribution in [3.8, 4) is 5.75 Å². The van der Waals surface area contributed by atoms with Gasteiger partial charge < -0.3 is 15.8 Å². The number of alkyl halides is 3. The summed E-state index contributed by atoms with van der Waals surface area (Å²) in [6, 6.07) is 0. The predicted molar refractivity (Wildman–Crippen MR) is 78.2 cm³/mol. The number of halogens is 3. The van der Waals surface area contributed by atoms with Crippen molar-refractivity contribution in [1.29, 1.82) is 0 Å². The summed E-state index contributed by atoms with van der Waals surface area (Å²) >= 11 is 0.895. The third-order valence-electron chi connectivity index (χ3n) is 2.45. The van der Waals surface area contributed by atoms with Gasteiger partial charge in [0.15, 0.2) is 11.5 Å². The fraction of sp³-hybridized carbons (Fsp3) is 0.615. The normalized spacial score (nSPS) is 12.0. The van der Waals surface area contributed by atoms with E-state index in [1.807, 2.05) is 0 Å². The van der Waals surface area contributed by atoms with Crippen LogP contribution in [0, 0.1) is 5.92 Å². The van der Waals surface area contributed by atoms with Crippen molar-refractivity contribution in [2.75, 3.05) is 17.6 Å². The topological polar surface area (TPSA) is 64.3 Å². The molecule has 0 aliphatic carbocycles. The van der Waals surface area contributed by atoms with Crippen molar-refractivity contribution >= 4 is 27.8 Å². The van der Waals surface area contributed by atoms with Crippen LogP contribution in [-0.4, -0.2) is 24.6 Å². The van der Waals surface area contributed by atoms with E-state index in [0.717, 1.165) is 11.3 Å². The van der Waals surface area contributed by atoms with Gasteiger partial charge in [-0.25, -0.2) is 0 Å². The van der Waals surface area contributed by atoms with Gasteiger partial charge in [-0.05, 0) is 13.8 Å². The maximum absolute atomic E-state index is 12.3. The summed E-state index contributed by atoms with van der Waals surface area (Å²) in [6.45, 7) is 5.65. The minimum Gasteiger partial charge on any atom is -0.486 e. The Morgan fingerprint density at radius 2 is 1.90 bits per heavy atom. The molecule has 1 aromatic rings. The number of anilines is 2. The fourth-order valence-electron chi connectivity index (χ4n) is 1.52. The summed E-state index contributed by atoms with van der Waals surface area (Å²) in [4.78, 5) is 12.3. The van der Waals surface area contributed by atoms with Gasteiger partial charge in [0, 0.05) is 5.92 Å². The molecule has 0 aromatic carbocycles. The number of carbonyl (C=O) groups is 1. The summed E-state index contributed by atoms with van der Waals surface area (Å²) in [7, 11) is 0. The number of nitrogen functional groups attached to an aromatic ring is 1. The molecule has 120 valence electrons. The predicted octanol–water partition coefficient (Wildman–Crippen LogP) is 3.93. The molecule has 0 unspecified atom stereocenters. The SMILES string of the molecule is CC(C)Oc1c(NCC(F)(F)F)sc(C(=O)C(C)C)c1N. The highest BCUT2D eigenvalue weighted by atomic mass is 32.1. The lowest BCUT2D eigenvalue weighted by molar-refractivity contribution is -0.115. The van der Waals surface area contributed by atoms with Gasteiger partial charge in [0.1, 0.15) is 11.5 Å². The molecule has 0 aliphatic heterocycles. The fourth-order valence-corrected chi connectivity index (χ4v) is 2.66. The van der Waals surface area contributed by atoms with E-state index >= 15 is 0 Å². The maximum Gasteiger partial charge on any atom is 0.405 e. The van der Waals surface area contributed by atoms with Gasteiger partial charge in [0.2, 0.25) is 0 Å². The van der Waals surface area contributed by atoms with Crippen LogP contribution in [0.1, 0.15) is 37.4 Å². The number of nitrogens with two attached hydrogens (primary N) is 1. The summed E-state index contributed by atoms with van der Waals surface area (Å²) in [5.41, 5.74) is 5.97. The number of rotatable bonds is 6. The highest BCUT2D eigenvalue weighted by molar-refractivity contribution is 7.19. The lowest BCUT2D eigenvalue weighted by Gasteiger charge is -2.13. The monoisotopic (exact) mass is 324 g/mol. The summed E-state index contributed by atoms with van der Waals surface area (Å²) in [6.07, 6.45) is -4.63. The van der Waals surface area contributed by atoms with Crippen molar-refractivity contribution < 1.29 is 22.7 Å². The average molecular weight is 324 g/mol. The quantitative estimate of drug-likeness (QED) is 0.778. The third-order valence-corrected chi connectivity index (χ3v) is 3.61. The van der Waals surface area contributed by atoms with Gasteiger partial charge in [-0.3, -0.25) is 4.79 Å². The Balaban J connectivity index is 3.15. The number of ketones is 1. The van der Waals surface area contributed by atoms with E-state index < -0.39 is 12.7 Å². The minimum atomic E-state index is -4.37. The van der Waals surface area contributed by atoms with Crippen molar-refractivity contribution in [3.05, 3.63) is 4.88 Å². The van der Waals surface area contributed by atoms with E-state index in [2.05, 4.69) is 5.32 Å². The Morgan fingerprint density at radius 3 is 2.33 bits per heavy atom. The van der Waals surface area contributed by atoms with E-state index in [9.17, 15) is 18.0 Å². The molecule has 1 rings (SSSR count). The highest BCUT2D eigenvalue weighted by Crippen LogP contribution is 2.44. The van der Waals surface area contributed by atoms with E-state index in [1.165, 1.54) is 0 Å². The molecule has 0 atom stereocenters. The summed E-state index contributed by atoms with van der Waals surface area (Å²) in [5.74, 6) is -0.400. The molecular weight excluding hydrogens is 305 g/mol. The van der Waals surface area contributed by atoms with Crippen molar-refractivity contribution in [1.82, 2.24) is 0 Å². The van der Waals surface area contributed by atoms with E-state index in [0.29, 0.717) is 0 Å². The van der Waals surface area contributed by atoms with Crippen LogP contribution in [0.15, 0.2) is 0 Å². The van der Waals surface area contributed by atoms with Crippen molar-refractivity contribution in [2.45, 2.75) is 40.0 Å². The first-order valence-corrected chi connectivity index (χ1v) is 7.28. The molecule has 0 saturated carbocycles. The molecule has 1 heterocycles. The second kappa shape index (κ2) is 6.55. The molecule has 0 aliphatic rings. The molecule has 21 heavy (non-hydrogen) atoms. The molecule has 0 spiro atoms. The van der Waals surface area contributed by atoms with Gasteiger partial charge in [0.05, 0.1) is 16.7 Å².